The Morgan fingerprint density at radius 1 is 1.27 bits per heavy atom. The van der Waals surface area contributed by atoms with Crippen LogP contribution in [-0.4, -0.2) is 36.2 Å². The Balaban J connectivity index is 0.00000121. The van der Waals surface area contributed by atoms with E-state index >= 15 is 0 Å². The van der Waals surface area contributed by atoms with Gasteiger partial charge in [0.15, 0.2) is 11.6 Å². The van der Waals surface area contributed by atoms with Crippen LogP contribution in [0.5, 0.6) is 5.75 Å². The first-order chi connectivity index (χ1) is 9.66. The van der Waals surface area contributed by atoms with Crippen molar-refractivity contribution >= 4 is 40.7 Å². The van der Waals surface area contributed by atoms with Gasteiger partial charge in [0.1, 0.15) is 0 Å². The van der Waals surface area contributed by atoms with Crippen molar-refractivity contribution < 1.29 is 9.50 Å². The number of benzene rings is 1. The summed E-state index contributed by atoms with van der Waals surface area (Å²) in [6.45, 7) is 3.82. The lowest BCUT2D eigenvalue weighted by Gasteiger charge is -2.35. The number of nitrogens with one attached hydrogen (secondary N) is 1. The van der Waals surface area contributed by atoms with Gasteiger partial charge < -0.3 is 10.4 Å². The third kappa shape index (κ3) is 4.48. The number of piperazine rings is 1. The van der Waals surface area contributed by atoms with Gasteiger partial charge in [0, 0.05) is 37.8 Å². The predicted octanol–water partition coefficient (Wildman–Crippen LogP) is 3.88. The summed E-state index contributed by atoms with van der Waals surface area (Å²) in [6.07, 6.45) is 3.55. The molecule has 126 valence electrons. The van der Waals surface area contributed by atoms with Gasteiger partial charge in [-0.1, -0.05) is 18.9 Å². The molecule has 1 aliphatic heterocycles. The summed E-state index contributed by atoms with van der Waals surface area (Å²) in [5, 5.41) is 13.5. The van der Waals surface area contributed by atoms with E-state index in [-0.39, 0.29) is 36.6 Å². The first-order valence-electron chi connectivity index (χ1n) is 7.28. The Hall–Kier alpha value is -0.0700. The van der Waals surface area contributed by atoms with Crippen molar-refractivity contribution in [2.24, 2.45) is 5.92 Å². The van der Waals surface area contributed by atoms with Crippen molar-refractivity contribution in [2.75, 3.05) is 26.2 Å². The molecule has 3 rings (SSSR count). The molecule has 1 aromatic carbocycles. The maximum atomic E-state index is 13.9. The molecule has 2 fully saturated rings. The molecule has 3 nitrogen and oxygen atoms in total. The van der Waals surface area contributed by atoms with E-state index in [9.17, 15) is 9.50 Å². The van der Waals surface area contributed by atoms with Gasteiger partial charge in [0.25, 0.3) is 0 Å². The number of hydrogen-bond acceptors (Lipinski definition) is 3. The zero-order valence-corrected chi connectivity index (χ0v) is 15.4. The molecule has 0 amide bonds. The molecule has 0 aromatic heterocycles. The molecule has 7 heteroatoms. The van der Waals surface area contributed by atoms with Gasteiger partial charge >= 0.3 is 0 Å². The quantitative estimate of drug-likeness (QED) is 0.783. The first-order valence-corrected chi connectivity index (χ1v) is 8.07. The number of aromatic hydroxyl groups is 1. The Labute approximate surface area is 151 Å². The SMILES string of the molecule is Cl.Cl.Oc1c([C@@H](CC2CC2)N2CCNCC2)ccc(Br)c1F. The van der Waals surface area contributed by atoms with Crippen molar-refractivity contribution in [3.05, 3.63) is 28.0 Å². The van der Waals surface area contributed by atoms with E-state index in [1.807, 2.05) is 6.07 Å². The standard InChI is InChI=1S/C15H20BrFN2O.2ClH/c16-12-4-3-11(15(20)14(12)17)13(9-10-1-2-10)19-7-5-18-6-8-19;;/h3-4,10,13,18,20H,1-2,5-9H2;2*1H/t13-;;/m1../s1. The average Bonchev–Trinajstić information content (AvgIpc) is 3.28. The molecular formula is C15H22BrCl2FN2O. The summed E-state index contributed by atoms with van der Waals surface area (Å²) in [6, 6.07) is 3.69. The third-order valence-corrected chi connectivity index (χ3v) is 4.92. The lowest BCUT2D eigenvalue weighted by molar-refractivity contribution is 0.157. The van der Waals surface area contributed by atoms with Crippen molar-refractivity contribution in [3.8, 4) is 5.75 Å². The van der Waals surface area contributed by atoms with Gasteiger partial charge in [-0.25, -0.2) is 4.39 Å². The number of halogens is 4. The molecule has 2 N–H and O–H groups in total. The van der Waals surface area contributed by atoms with Gasteiger partial charge in [-0.2, -0.15) is 0 Å². The normalized spacial score (nSPS) is 19.9. The topological polar surface area (TPSA) is 35.5 Å². The largest absolute Gasteiger partial charge is 0.505 e. The summed E-state index contributed by atoms with van der Waals surface area (Å²) < 4.78 is 14.3. The summed E-state index contributed by atoms with van der Waals surface area (Å²) in [7, 11) is 0. The molecule has 0 radical (unpaired) electrons. The minimum absolute atomic E-state index is 0. The van der Waals surface area contributed by atoms with Crippen LogP contribution >= 0.6 is 40.7 Å². The summed E-state index contributed by atoms with van der Waals surface area (Å²) in [5.74, 6) is 0.00276. The molecular weight excluding hydrogens is 394 g/mol. The minimum atomic E-state index is -0.543. The zero-order chi connectivity index (χ0) is 14.1. The van der Waals surface area contributed by atoms with Gasteiger partial charge in [0.05, 0.1) is 4.47 Å². The van der Waals surface area contributed by atoms with Gasteiger partial charge in [-0.15, -0.1) is 24.8 Å². The van der Waals surface area contributed by atoms with Crippen molar-refractivity contribution in [1.29, 1.82) is 0 Å². The van der Waals surface area contributed by atoms with Crippen LogP contribution in [0.25, 0.3) is 0 Å². The fraction of sp³-hybridized carbons (Fsp3) is 0.600. The van der Waals surface area contributed by atoms with E-state index in [0.717, 1.165) is 44.1 Å². The lowest BCUT2D eigenvalue weighted by Crippen LogP contribution is -2.45. The zero-order valence-electron chi connectivity index (χ0n) is 12.2. The molecule has 0 bridgehead atoms. The number of phenolic OH excluding ortho intramolecular Hbond substituents is 1. The molecule has 1 saturated carbocycles. The average molecular weight is 416 g/mol. The van der Waals surface area contributed by atoms with Gasteiger partial charge in [-0.05, 0) is 34.3 Å². The van der Waals surface area contributed by atoms with E-state index in [4.69, 9.17) is 0 Å². The maximum Gasteiger partial charge on any atom is 0.179 e. The van der Waals surface area contributed by atoms with E-state index < -0.39 is 5.82 Å². The Bertz CT molecular complexity index is 497. The van der Waals surface area contributed by atoms with Crippen LogP contribution in [0, 0.1) is 11.7 Å². The Morgan fingerprint density at radius 3 is 2.50 bits per heavy atom. The highest BCUT2D eigenvalue weighted by Crippen LogP contribution is 2.43. The molecule has 1 aromatic rings. The summed E-state index contributed by atoms with van der Waals surface area (Å²) in [5.41, 5.74) is 0.736. The smallest absolute Gasteiger partial charge is 0.179 e. The van der Waals surface area contributed by atoms with Crippen LogP contribution in [0.4, 0.5) is 4.39 Å². The van der Waals surface area contributed by atoms with E-state index in [1.54, 1.807) is 6.07 Å². The second-order valence-electron chi connectivity index (χ2n) is 5.78. The molecule has 2 aliphatic rings. The Morgan fingerprint density at radius 2 is 1.91 bits per heavy atom. The predicted molar refractivity (Wildman–Crippen MR) is 94.8 cm³/mol. The van der Waals surface area contributed by atoms with Crippen LogP contribution in [0.1, 0.15) is 30.9 Å². The second kappa shape index (κ2) is 8.69. The van der Waals surface area contributed by atoms with E-state index in [1.165, 1.54) is 12.8 Å². The van der Waals surface area contributed by atoms with E-state index in [0.29, 0.717) is 4.47 Å². The third-order valence-electron chi connectivity index (χ3n) is 4.31. The Kier molecular flexibility index (Phi) is 7.89. The lowest BCUT2D eigenvalue weighted by atomic mass is 9.97. The van der Waals surface area contributed by atoms with E-state index in [2.05, 4.69) is 26.1 Å². The van der Waals surface area contributed by atoms with Gasteiger partial charge in [-0.3, -0.25) is 4.90 Å². The molecule has 1 saturated heterocycles. The molecule has 1 heterocycles. The fourth-order valence-corrected chi connectivity index (χ4v) is 3.28. The number of nitrogens with zero attached hydrogens (tertiary/aromatic N) is 1. The summed E-state index contributed by atoms with van der Waals surface area (Å²) in [4.78, 5) is 2.37. The first kappa shape index (κ1) is 20.0. The van der Waals surface area contributed by atoms with Crippen LogP contribution in [0.15, 0.2) is 16.6 Å². The monoisotopic (exact) mass is 414 g/mol. The number of phenols is 1. The van der Waals surface area contributed by atoms with Crippen molar-refractivity contribution in [1.82, 2.24) is 10.2 Å². The number of hydrogen-bond donors (Lipinski definition) is 2. The molecule has 1 atom stereocenters. The van der Waals surface area contributed by atoms with Gasteiger partial charge in [0.2, 0.25) is 0 Å². The van der Waals surface area contributed by atoms with Crippen molar-refractivity contribution in [2.45, 2.75) is 25.3 Å². The highest BCUT2D eigenvalue weighted by molar-refractivity contribution is 9.10. The highest BCUT2D eigenvalue weighted by atomic mass is 79.9. The number of rotatable bonds is 4. The maximum absolute atomic E-state index is 13.9. The fourth-order valence-electron chi connectivity index (χ4n) is 2.96. The van der Waals surface area contributed by atoms with Crippen LogP contribution in [0.3, 0.4) is 0 Å². The second-order valence-corrected chi connectivity index (χ2v) is 6.63. The minimum Gasteiger partial charge on any atom is -0.505 e. The summed E-state index contributed by atoms with van der Waals surface area (Å²) >= 11 is 3.13. The molecule has 22 heavy (non-hydrogen) atoms. The highest BCUT2D eigenvalue weighted by Gasteiger charge is 2.32. The van der Waals surface area contributed by atoms with Crippen LogP contribution < -0.4 is 5.32 Å². The van der Waals surface area contributed by atoms with Crippen LogP contribution in [-0.2, 0) is 0 Å². The van der Waals surface area contributed by atoms with Crippen molar-refractivity contribution in [3.63, 3.8) is 0 Å². The molecule has 0 unspecified atom stereocenters. The molecule has 0 spiro atoms. The van der Waals surface area contributed by atoms with Crippen LogP contribution in [0.2, 0.25) is 0 Å². The molecule has 1 aliphatic carbocycles.